The molecular weight excluding hydrogens is 443 g/mol. The summed E-state index contributed by atoms with van der Waals surface area (Å²) in [4.78, 5) is 8.93. The molecule has 1 aromatic heterocycles. The second kappa shape index (κ2) is 13.3. The molecule has 0 saturated carbocycles. The molecule has 2 N–H and O–H groups in total. The molecule has 0 amide bonds. The lowest BCUT2D eigenvalue weighted by atomic mass is 10.2. The largest absolute Gasteiger partial charge is 0.491 e. The highest BCUT2D eigenvalue weighted by Gasteiger charge is 2.00. The summed E-state index contributed by atoms with van der Waals surface area (Å²) in [5.41, 5.74) is 2.06. The molecule has 142 valence electrons. The number of rotatable bonds is 9. The van der Waals surface area contributed by atoms with Gasteiger partial charge in [-0.15, -0.1) is 24.0 Å². The molecule has 0 aliphatic carbocycles. The van der Waals surface area contributed by atoms with Crippen molar-refractivity contribution >= 4 is 29.9 Å². The molecule has 0 fully saturated rings. The molecule has 0 spiro atoms. The van der Waals surface area contributed by atoms with E-state index in [2.05, 4.69) is 20.6 Å². The first-order valence-electron chi connectivity index (χ1n) is 8.44. The fraction of sp³-hybridized carbons (Fsp3) is 0.368. The number of hydrogen-bond donors (Lipinski definition) is 2. The van der Waals surface area contributed by atoms with Gasteiger partial charge in [0, 0.05) is 19.9 Å². The molecule has 1 heterocycles. The summed E-state index contributed by atoms with van der Waals surface area (Å²) in [6.45, 7) is 5.16. The second-order valence-corrected chi connectivity index (χ2v) is 5.36. The molecule has 0 unspecified atom stereocenters. The molecule has 0 atom stereocenters. The predicted octanol–water partition coefficient (Wildman–Crippen LogP) is 2.98. The van der Waals surface area contributed by atoms with Crippen molar-refractivity contribution in [2.75, 3.05) is 26.9 Å². The average molecular weight is 470 g/mol. The predicted molar refractivity (Wildman–Crippen MR) is 115 cm³/mol. The molecule has 1 aromatic carbocycles. The van der Waals surface area contributed by atoms with E-state index < -0.39 is 0 Å². The van der Waals surface area contributed by atoms with Crippen molar-refractivity contribution in [1.29, 1.82) is 0 Å². The lowest BCUT2D eigenvalue weighted by Gasteiger charge is -2.11. The summed E-state index contributed by atoms with van der Waals surface area (Å²) in [6, 6.07) is 13.8. The third-order valence-corrected chi connectivity index (χ3v) is 3.38. The van der Waals surface area contributed by atoms with Crippen LogP contribution in [0.5, 0.6) is 5.75 Å². The maximum atomic E-state index is 5.63. The number of pyridine rings is 1. The van der Waals surface area contributed by atoms with Crippen LogP contribution in [-0.4, -0.2) is 37.8 Å². The van der Waals surface area contributed by atoms with Crippen molar-refractivity contribution in [1.82, 2.24) is 15.6 Å². The van der Waals surface area contributed by atoms with Crippen LogP contribution in [0.1, 0.15) is 18.2 Å². The van der Waals surface area contributed by atoms with Gasteiger partial charge in [-0.25, -0.2) is 4.99 Å². The highest BCUT2D eigenvalue weighted by Crippen LogP contribution is 2.14. The molecule has 26 heavy (non-hydrogen) atoms. The zero-order chi connectivity index (χ0) is 17.7. The van der Waals surface area contributed by atoms with E-state index in [-0.39, 0.29) is 24.0 Å². The SMILES string of the molecule is CCNC(=NCc1cccc(OCCOC)c1)NCc1ccccn1.I. The quantitative estimate of drug-likeness (QED) is 0.255. The molecule has 7 heteroatoms. The number of nitrogens with zero attached hydrogens (tertiary/aromatic N) is 2. The molecule has 0 bridgehead atoms. The van der Waals surface area contributed by atoms with Crippen LogP contribution in [0.15, 0.2) is 53.7 Å². The zero-order valence-electron chi connectivity index (χ0n) is 15.3. The fourth-order valence-electron chi connectivity index (χ4n) is 2.17. The molecule has 2 rings (SSSR count). The van der Waals surface area contributed by atoms with Crippen LogP contribution in [0, 0.1) is 0 Å². The van der Waals surface area contributed by atoms with Gasteiger partial charge >= 0.3 is 0 Å². The number of hydrogen-bond acceptors (Lipinski definition) is 4. The number of guanidine groups is 1. The summed E-state index contributed by atoms with van der Waals surface area (Å²) >= 11 is 0. The van der Waals surface area contributed by atoms with Gasteiger partial charge in [0.2, 0.25) is 0 Å². The van der Waals surface area contributed by atoms with E-state index in [0.29, 0.717) is 26.3 Å². The molecule has 0 radical (unpaired) electrons. The monoisotopic (exact) mass is 470 g/mol. The minimum absolute atomic E-state index is 0. The highest BCUT2D eigenvalue weighted by atomic mass is 127. The Hall–Kier alpha value is -1.87. The maximum Gasteiger partial charge on any atom is 0.191 e. The second-order valence-electron chi connectivity index (χ2n) is 5.36. The van der Waals surface area contributed by atoms with Crippen LogP contribution in [0.3, 0.4) is 0 Å². The van der Waals surface area contributed by atoms with E-state index in [1.807, 2.05) is 49.4 Å². The first-order valence-corrected chi connectivity index (χ1v) is 8.44. The van der Waals surface area contributed by atoms with Gasteiger partial charge in [0.05, 0.1) is 25.4 Å². The van der Waals surface area contributed by atoms with Gasteiger partial charge in [-0.3, -0.25) is 4.98 Å². The van der Waals surface area contributed by atoms with Crippen LogP contribution in [0.4, 0.5) is 0 Å². The Balaban J connectivity index is 0.00000338. The summed E-state index contributed by atoms with van der Waals surface area (Å²) in [5, 5.41) is 6.54. The Morgan fingerprint density at radius 2 is 2.00 bits per heavy atom. The summed E-state index contributed by atoms with van der Waals surface area (Å²) in [5.74, 6) is 1.59. The van der Waals surface area contributed by atoms with Crippen molar-refractivity contribution in [3.8, 4) is 5.75 Å². The van der Waals surface area contributed by atoms with Crippen LogP contribution in [0.2, 0.25) is 0 Å². The first-order chi connectivity index (χ1) is 12.3. The molecule has 0 aliphatic rings. The third kappa shape index (κ3) is 8.48. The van der Waals surface area contributed by atoms with Crippen molar-refractivity contribution in [2.45, 2.75) is 20.0 Å². The third-order valence-electron chi connectivity index (χ3n) is 3.38. The van der Waals surface area contributed by atoms with Gasteiger partial charge in [0.25, 0.3) is 0 Å². The Morgan fingerprint density at radius 3 is 2.73 bits per heavy atom. The van der Waals surface area contributed by atoms with E-state index in [1.165, 1.54) is 0 Å². The summed E-state index contributed by atoms with van der Waals surface area (Å²) < 4.78 is 10.6. The smallest absolute Gasteiger partial charge is 0.191 e. The topological polar surface area (TPSA) is 67.8 Å². The van der Waals surface area contributed by atoms with Crippen molar-refractivity contribution in [3.05, 3.63) is 59.9 Å². The number of benzene rings is 1. The number of halogens is 1. The van der Waals surface area contributed by atoms with E-state index in [9.17, 15) is 0 Å². The lowest BCUT2D eigenvalue weighted by molar-refractivity contribution is 0.146. The maximum absolute atomic E-state index is 5.63. The molecule has 2 aromatic rings. The summed E-state index contributed by atoms with van der Waals surface area (Å²) in [6.07, 6.45) is 1.79. The number of aromatic nitrogens is 1. The molecule has 6 nitrogen and oxygen atoms in total. The van der Waals surface area contributed by atoms with Crippen LogP contribution in [-0.2, 0) is 17.8 Å². The zero-order valence-corrected chi connectivity index (χ0v) is 17.6. The minimum atomic E-state index is 0. The Bertz CT molecular complexity index is 653. The van der Waals surface area contributed by atoms with Gasteiger partial charge in [-0.05, 0) is 36.8 Å². The van der Waals surface area contributed by atoms with Crippen LogP contribution in [0.25, 0.3) is 0 Å². The normalized spacial score (nSPS) is 10.8. The van der Waals surface area contributed by atoms with Gasteiger partial charge in [-0.2, -0.15) is 0 Å². The number of methoxy groups -OCH3 is 1. The van der Waals surface area contributed by atoms with Gasteiger partial charge in [0.15, 0.2) is 5.96 Å². The van der Waals surface area contributed by atoms with E-state index in [0.717, 1.165) is 29.5 Å². The van der Waals surface area contributed by atoms with Crippen molar-refractivity contribution in [2.24, 2.45) is 4.99 Å². The standard InChI is InChI=1S/C19H26N4O2.HI/c1-3-20-19(23-15-17-8-4-5-10-21-17)22-14-16-7-6-9-18(13-16)25-12-11-24-2;/h4-10,13H,3,11-12,14-15H2,1-2H3,(H2,20,22,23);1H. The first kappa shape index (κ1) is 22.2. The molecule has 0 saturated heterocycles. The van der Waals surface area contributed by atoms with Crippen LogP contribution < -0.4 is 15.4 Å². The molecule has 0 aliphatic heterocycles. The number of nitrogens with one attached hydrogen (secondary N) is 2. The van der Waals surface area contributed by atoms with Crippen LogP contribution >= 0.6 is 24.0 Å². The Morgan fingerprint density at radius 1 is 1.12 bits per heavy atom. The van der Waals surface area contributed by atoms with Gasteiger partial charge < -0.3 is 20.1 Å². The van der Waals surface area contributed by atoms with Gasteiger partial charge in [-0.1, -0.05) is 18.2 Å². The number of ether oxygens (including phenoxy) is 2. The van der Waals surface area contributed by atoms with E-state index >= 15 is 0 Å². The minimum Gasteiger partial charge on any atom is -0.491 e. The number of aliphatic imine (C=N–C) groups is 1. The van der Waals surface area contributed by atoms with Gasteiger partial charge in [0.1, 0.15) is 12.4 Å². The fourth-order valence-corrected chi connectivity index (χ4v) is 2.17. The summed E-state index contributed by atoms with van der Waals surface area (Å²) in [7, 11) is 1.66. The Labute approximate surface area is 172 Å². The molecular formula is C19H27IN4O2. The van der Waals surface area contributed by atoms with Crippen molar-refractivity contribution in [3.63, 3.8) is 0 Å². The Kier molecular flexibility index (Phi) is 11.4. The van der Waals surface area contributed by atoms with E-state index in [1.54, 1.807) is 13.3 Å². The average Bonchev–Trinajstić information content (AvgIpc) is 2.65. The lowest BCUT2D eigenvalue weighted by Crippen LogP contribution is -2.36. The highest BCUT2D eigenvalue weighted by molar-refractivity contribution is 14.0. The van der Waals surface area contributed by atoms with E-state index in [4.69, 9.17) is 9.47 Å². The van der Waals surface area contributed by atoms with Crippen molar-refractivity contribution < 1.29 is 9.47 Å².